The maximum absolute atomic E-state index is 12.9. The molecule has 0 aromatic heterocycles. The molecule has 472 valence electrons. The van der Waals surface area contributed by atoms with E-state index >= 15 is 0 Å². The van der Waals surface area contributed by atoms with Gasteiger partial charge in [0.1, 0.15) is 13.2 Å². The van der Waals surface area contributed by atoms with Crippen LogP contribution in [-0.4, -0.2) is 37.2 Å². The van der Waals surface area contributed by atoms with Crippen molar-refractivity contribution in [3.05, 3.63) is 134 Å². The minimum atomic E-state index is -0.790. The van der Waals surface area contributed by atoms with Crippen LogP contribution in [0.15, 0.2) is 134 Å². The second-order valence-electron chi connectivity index (χ2n) is 22.7. The van der Waals surface area contributed by atoms with Crippen molar-refractivity contribution in [3.8, 4) is 0 Å². The summed E-state index contributed by atoms with van der Waals surface area (Å²) in [6.45, 7) is 6.38. The van der Waals surface area contributed by atoms with Crippen LogP contribution in [0, 0.1) is 0 Å². The molecule has 0 spiro atoms. The third-order valence-corrected chi connectivity index (χ3v) is 14.6. The molecule has 6 heteroatoms. The first-order chi connectivity index (χ1) is 41.0. The van der Waals surface area contributed by atoms with Gasteiger partial charge in [-0.15, -0.1) is 0 Å². The Balaban J connectivity index is 4.21. The van der Waals surface area contributed by atoms with Crippen molar-refractivity contribution >= 4 is 17.9 Å². The first-order valence-electron chi connectivity index (χ1n) is 34.7. The van der Waals surface area contributed by atoms with E-state index in [0.29, 0.717) is 19.3 Å². The summed E-state index contributed by atoms with van der Waals surface area (Å²) in [5.41, 5.74) is 0. The number of rotatable bonds is 62. The molecule has 0 fully saturated rings. The molecule has 0 aliphatic carbocycles. The molecule has 0 amide bonds. The molecule has 0 saturated heterocycles. The van der Waals surface area contributed by atoms with Crippen molar-refractivity contribution in [2.75, 3.05) is 13.2 Å². The van der Waals surface area contributed by atoms with Gasteiger partial charge in [-0.3, -0.25) is 14.4 Å². The van der Waals surface area contributed by atoms with Crippen molar-refractivity contribution in [2.24, 2.45) is 0 Å². The minimum Gasteiger partial charge on any atom is -0.462 e. The van der Waals surface area contributed by atoms with Crippen molar-refractivity contribution in [1.29, 1.82) is 0 Å². The first kappa shape index (κ1) is 78.5. The van der Waals surface area contributed by atoms with Gasteiger partial charge in [0.25, 0.3) is 0 Å². The highest BCUT2D eigenvalue weighted by Gasteiger charge is 2.19. The zero-order chi connectivity index (χ0) is 59.9. The van der Waals surface area contributed by atoms with Gasteiger partial charge < -0.3 is 14.2 Å². The average Bonchev–Trinajstić information content (AvgIpc) is 3.48. The monoisotopic (exact) mass is 1150 g/mol. The Kier molecular flexibility index (Phi) is 66.3. The maximum Gasteiger partial charge on any atom is 0.306 e. The van der Waals surface area contributed by atoms with E-state index in [1.54, 1.807) is 0 Å². The van der Waals surface area contributed by atoms with Gasteiger partial charge in [-0.1, -0.05) is 302 Å². The lowest BCUT2D eigenvalue weighted by Crippen LogP contribution is -2.30. The lowest BCUT2D eigenvalue weighted by Gasteiger charge is -2.18. The number of hydrogen-bond acceptors (Lipinski definition) is 6. The van der Waals surface area contributed by atoms with Crippen LogP contribution < -0.4 is 0 Å². The number of allylic oxidation sites excluding steroid dienone is 22. The maximum atomic E-state index is 12.9. The second kappa shape index (κ2) is 70.0. The molecule has 0 heterocycles. The Labute approximate surface area is 513 Å². The van der Waals surface area contributed by atoms with Crippen molar-refractivity contribution in [2.45, 2.75) is 322 Å². The Morgan fingerprint density at radius 1 is 0.253 bits per heavy atom. The Bertz CT molecular complexity index is 1750. The van der Waals surface area contributed by atoms with Crippen LogP contribution in [0.3, 0.4) is 0 Å². The minimum absolute atomic E-state index is 0.0852. The average molecular weight is 1150 g/mol. The Morgan fingerprint density at radius 2 is 0.470 bits per heavy atom. The van der Waals surface area contributed by atoms with Gasteiger partial charge in [0.05, 0.1) is 0 Å². The highest BCUT2D eigenvalue weighted by Crippen LogP contribution is 2.16. The van der Waals surface area contributed by atoms with Gasteiger partial charge in [0.2, 0.25) is 0 Å². The molecule has 0 aliphatic rings. The molecule has 0 aromatic rings. The van der Waals surface area contributed by atoms with E-state index < -0.39 is 6.10 Å². The molecular formula is C77H128O6. The number of ether oxygens (including phenoxy) is 3. The standard InChI is InChI=1S/C77H128O6/c1-4-7-10-13-16-19-22-24-26-28-30-32-33-34-35-36-37-38-39-40-41-42-43-45-46-48-50-52-55-58-61-64-67-70-76(79)82-73-74(72-81-75(78)69-66-63-60-57-54-21-18-15-12-9-6-3)83-77(80)71-68-65-62-59-56-53-51-49-47-44-31-29-27-25-23-20-17-14-11-8-5-2/h7-8,10-11,15-20,24-27,30-32,34-35,37-38,44,74H,4-6,9,12-14,21-23,28-29,33,36,39-43,45-73H2,1-3H3/b10-7-,11-8-,18-15-,19-16-,20-17-,26-24-,27-25-,32-30-,35-34-,38-37-,44-31-. The van der Waals surface area contributed by atoms with E-state index in [1.165, 1.54) is 141 Å². The molecule has 0 aliphatic heterocycles. The van der Waals surface area contributed by atoms with E-state index in [1.807, 2.05) is 0 Å². The summed E-state index contributed by atoms with van der Waals surface area (Å²) in [5, 5.41) is 0. The highest BCUT2D eigenvalue weighted by molar-refractivity contribution is 5.71. The smallest absolute Gasteiger partial charge is 0.306 e. The Morgan fingerprint density at radius 3 is 0.747 bits per heavy atom. The number of unbranched alkanes of at least 4 members (excludes halogenated alkanes) is 29. The third kappa shape index (κ3) is 68.2. The van der Waals surface area contributed by atoms with Crippen LogP contribution in [0.25, 0.3) is 0 Å². The van der Waals surface area contributed by atoms with Crippen LogP contribution >= 0.6 is 0 Å². The van der Waals surface area contributed by atoms with E-state index in [9.17, 15) is 14.4 Å². The molecule has 0 saturated carbocycles. The highest BCUT2D eigenvalue weighted by atomic mass is 16.6. The molecule has 0 rings (SSSR count). The van der Waals surface area contributed by atoms with Gasteiger partial charge >= 0.3 is 17.9 Å². The predicted molar refractivity (Wildman–Crippen MR) is 362 cm³/mol. The Hall–Kier alpha value is -4.45. The fraction of sp³-hybridized carbons (Fsp3) is 0.675. The molecule has 83 heavy (non-hydrogen) atoms. The number of carbonyl (C=O) groups is 3. The summed E-state index contributed by atoms with van der Waals surface area (Å²) < 4.78 is 16.9. The number of esters is 3. The van der Waals surface area contributed by atoms with Crippen LogP contribution in [0.5, 0.6) is 0 Å². The van der Waals surface area contributed by atoms with Crippen LogP contribution in [0.4, 0.5) is 0 Å². The zero-order valence-corrected chi connectivity index (χ0v) is 54.2. The van der Waals surface area contributed by atoms with Gasteiger partial charge in [-0.05, 0) is 128 Å². The van der Waals surface area contributed by atoms with Crippen molar-refractivity contribution in [3.63, 3.8) is 0 Å². The zero-order valence-electron chi connectivity index (χ0n) is 54.2. The third-order valence-electron chi connectivity index (χ3n) is 14.6. The fourth-order valence-electron chi connectivity index (χ4n) is 9.48. The summed E-state index contributed by atoms with van der Waals surface area (Å²) in [7, 11) is 0. The first-order valence-corrected chi connectivity index (χ1v) is 34.7. The van der Waals surface area contributed by atoms with Crippen molar-refractivity contribution in [1.82, 2.24) is 0 Å². The summed E-state index contributed by atoms with van der Waals surface area (Å²) in [4.78, 5) is 38.3. The summed E-state index contributed by atoms with van der Waals surface area (Å²) in [5.74, 6) is -0.897. The molecule has 0 aromatic carbocycles. The van der Waals surface area contributed by atoms with Gasteiger partial charge in [-0.2, -0.15) is 0 Å². The van der Waals surface area contributed by atoms with Crippen LogP contribution in [0.1, 0.15) is 316 Å². The molecule has 0 bridgehead atoms. The van der Waals surface area contributed by atoms with Gasteiger partial charge in [0.15, 0.2) is 6.10 Å². The normalized spacial score (nSPS) is 13.0. The SMILES string of the molecule is CC/C=C\C/C=C\C/C=C\C/C=C\C/C=C\C/C=C\CCCCCCCCCCCCCCCCC(=O)OCC(COC(=O)CCCCCCC/C=C\CCCC)OC(=O)CCCCCCCCCC/C=C\C/C=C\C/C=C\C/C=C\CC. The molecule has 6 nitrogen and oxygen atoms in total. The summed E-state index contributed by atoms with van der Waals surface area (Å²) >= 11 is 0. The van der Waals surface area contributed by atoms with Crippen LogP contribution in [0.2, 0.25) is 0 Å². The van der Waals surface area contributed by atoms with Gasteiger partial charge in [-0.25, -0.2) is 0 Å². The lowest BCUT2D eigenvalue weighted by molar-refractivity contribution is -0.167. The van der Waals surface area contributed by atoms with Crippen LogP contribution in [-0.2, 0) is 28.6 Å². The van der Waals surface area contributed by atoms with E-state index in [4.69, 9.17) is 14.2 Å². The topological polar surface area (TPSA) is 78.9 Å². The number of hydrogen-bond donors (Lipinski definition) is 0. The molecule has 0 radical (unpaired) electrons. The predicted octanol–water partition coefficient (Wildman–Crippen LogP) is 24.1. The summed E-state index contributed by atoms with van der Waals surface area (Å²) in [6.07, 6.45) is 99.1. The number of carbonyl (C=O) groups excluding carboxylic acids is 3. The quantitative estimate of drug-likeness (QED) is 0.0261. The van der Waals surface area contributed by atoms with E-state index in [-0.39, 0.29) is 31.1 Å². The van der Waals surface area contributed by atoms with E-state index in [2.05, 4.69) is 154 Å². The molecule has 0 N–H and O–H groups in total. The van der Waals surface area contributed by atoms with Gasteiger partial charge in [0, 0.05) is 19.3 Å². The fourth-order valence-corrected chi connectivity index (χ4v) is 9.48. The largest absolute Gasteiger partial charge is 0.462 e. The molecular weight excluding hydrogens is 1020 g/mol. The lowest BCUT2D eigenvalue weighted by atomic mass is 10.0. The molecule has 1 unspecified atom stereocenters. The van der Waals surface area contributed by atoms with E-state index in [0.717, 1.165) is 135 Å². The summed E-state index contributed by atoms with van der Waals surface area (Å²) in [6, 6.07) is 0. The second-order valence-corrected chi connectivity index (χ2v) is 22.7. The molecule has 1 atom stereocenters. The van der Waals surface area contributed by atoms with Crippen molar-refractivity contribution < 1.29 is 28.6 Å².